The molecule has 222 valence electrons. The average molecular weight is 633 g/mol. The van der Waals surface area contributed by atoms with E-state index in [4.69, 9.17) is 15.3 Å². The van der Waals surface area contributed by atoms with Crippen molar-refractivity contribution in [3.05, 3.63) is 167 Å². The van der Waals surface area contributed by atoms with Crippen molar-refractivity contribution in [1.29, 1.82) is 0 Å². The van der Waals surface area contributed by atoms with Crippen molar-refractivity contribution >= 4 is 17.9 Å². The van der Waals surface area contributed by atoms with Crippen molar-refractivity contribution in [1.82, 2.24) is 0 Å². The number of halogens is 3. The van der Waals surface area contributed by atoms with Gasteiger partial charge in [-0.1, -0.05) is 35.4 Å². The molecule has 0 bridgehead atoms. The van der Waals surface area contributed by atoms with Crippen molar-refractivity contribution in [2.24, 2.45) is 0 Å². The maximum atomic E-state index is 12.2. The van der Waals surface area contributed by atoms with Gasteiger partial charge in [0, 0.05) is 21.7 Å². The van der Waals surface area contributed by atoms with Crippen LogP contribution in [-0.4, -0.2) is 33.2 Å². The summed E-state index contributed by atoms with van der Waals surface area (Å²) in [6, 6.07) is 32.1. The molecule has 3 N–H and O–H groups in total. The topological polar surface area (TPSA) is 112 Å². The number of rotatable bonds is 3. The Balaban J connectivity index is 0.000000205. The molecule has 1 aliphatic rings. The Kier molecular flexibility index (Phi) is 13.8. The molecule has 0 atom stereocenters. The molecule has 0 saturated heterocycles. The number of carbonyl (C=O) groups is 3. The summed E-state index contributed by atoms with van der Waals surface area (Å²) in [5, 5.41) is 25.1. The summed E-state index contributed by atoms with van der Waals surface area (Å²) in [4.78, 5) is 30.6. The average Bonchev–Trinajstić information content (AvgIpc) is 3.38. The zero-order valence-corrected chi connectivity index (χ0v) is 24.4. The second-order valence-corrected chi connectivity index (χ2v) is 8.83. The molecule has 0 unspecified atom stereocenters. The van der Waals surface area contributed by atoms with Crippen LogP contribution >= 0.6 is 0 Å². The first-order valence-electron chi connectivity index (χ1n) is 12.6. The van der Waals surface area contributed by atoms with E-state index < -0.39 is 35.4 Å². The molecule has 0 spiro atoms. The summed E-state index contributed by atoms with van der Waals surface area (Å²) < 4.78 is 36.5. The molecule has 0 fully saturated rings. The molecular weight excluding hydrogens is 609 g/mol. The summed E-state index contributed by atoms with van der Waals surface area (Å²) >= 11 is 0. The molecule has 0 heterocycles. The molecule has 0 amide bonds. The van der Waals surface area contributed by atoms with E-state index in [2.05, 4.69) is 42.5 Å². The minimum Gasteiger partial charge on any atom is -0.478 e. The van der Waals surface area contributed by atoms with Gasteiger partial charge in [-0.2, -0.15) is 29.8 Å². The third-order valence-corrected chi connectivity index (χ3v) is 5.89. The van der Waals surface area contributed by atoms with Crippen LogP contribution in [0.2, 0.25) is 0 Å². The third-order valence-electron chi connectivity index (χ3n) is 5.89. The van der Waals surface area contributed by atoms with Gasteiger partial charge in [0.05, 0.1) is 16.7 Å². The molecule has 6 rings (SSSR count). The molecule has 0 aliphatic heterocycles. The minimum absolute atomic E-state index is 0. The van der Waals surface area contributed by atoms with Crippen molar-refractivity contribution in [3.8, 4) is 11.1 Å². The summed E-state index contributed by atoms with van der Waals surface area (Å²) in [6.07, 6.45) is 1.05. The summed E-state index contributed by atoms with van der Waals surface area (Å²) in [6.45, 7) is 0. The maximum Gasteiger partial charge on any atom is 0.335 e. The normalized spacial score (nSPS) is 9.98. The van der Waals surface area contributed by atoms with Crippen LogP contribution in [-0.2, 0) is 28.1 Å². The van der Waals surface area contributed by atoms with Crippen molar-refractivity contribution < 1.29 is 64.6 Å². The number of hydrogen-bond donors (Lipinski definition) is 3. The van der Waals surface area contributed by atoms with E-state index in [0.29, 0.717) is 0 Å². The largest absolute Gasteiger partial charge is 0.478 e. The van der Waals surface area contributed by atoms with E-state index in [1.807, 2.05) is 6.07 Å². The molecule has 6 nitrogen and oxygen atoms in total. The van der Waals surface area contributed by atoms with Gasteiger partial charge in [0.25, 0.3) is 0 Å². The Bertz CT molecular complexity index is 1510. The van der Waals surface area contributed by atoms with Gasteiger partial charge in [-0.25, -0.2) is 27.6 Å². The van der Waals surface area contributed by atoms with Crippen LogP contribution in [0.4, 0.5) is 13.2 Å². The predicted octanol–water partition coefficient (Wildman–Crippen LogP) is 7.63. The Labute approximate surface area is 266 Å². The minimum atomic E-state index is -1.04. The van der Waals surface area contributed by atoms with Crippen LogP contribution in [0.25, 0.3) is 11.1 Å². The zero-order valence-electron chi connectivity index (χ0n) is 22.9. The molecule has 0 saturated carbocycles. The number of carboxylic acid groups (broad SMARTS) is 3. The Morgan fingerprint density at radius 3 is 1.27 bits per heavy atom. The Morgan fingerprint density at radius 1 is 0.523 bits per heavy atom. The molecular formula is C34H24F3O6Ti-. The second kappa shape index (κ2) is 17.2. The quantitative estimate of drug-likeness (QED) is 0.137. The third kappa shape index (κ3) is 10.7. The summed E-state index contributed by atoms with van der Waals surface area (Å²) in [5.41, 5.74) is 5.81. The van der Waals surface area contributed by atoms with Crippen LogP contribution in [0.3, 0.4) is 0 Å². The fourth-order valence-electron chi connectivity index (χ4n) is 3.78. The second-order valence-electron chi connectivity index (χ2n) is 8.83. The van der Waals surface area contributed by atoms with Crippen molar-refractivity contribution in [2.75, 3.05) is 0 Å². The number of benzene rings is 5. The van der Waals surface area contributed by atoms with Crippen LogP contribution in [0.15, 0.2) is 115 Å². The van der Waals surface area contributed by atoms with Crippen LogP contribution in [0.5, 0.6) is 0 Å². The SMILES string of the molecule is O=C(O)c1ccc(F)cc1.O=C(O)c1ccc(F)cc1.O=C(O)c1ccc(F)cc1.[Ti].[c-]1cccc2c1Cc1ccccc1-2. The number of hydrogen-bond acceptors (Lipinski definition) is 3. The first-order valence-corrected chi connectivity index (χ1v) is 12.6. The van der Waals surface area contributed by atoms with Crippen LogP contribution in [0.1, 0.15) is 42.2 Å². The van der Waals surface area contributed by atoms with Crippen LogP contribution in [0, 0.1) is 23.5 Å². The van der Waals surface area contributed by atoms with Gasteiger partial charge in [-0.05, 0) is 79.2 Å². The van der Waals surface area contributed by atoms with Crippen LogP contribution < -0.4 is 0 Å². The standard InChI is InChI=1S/C13H9.3C7H5FO2.Ti/c1-3-7-12-10(5-1)9-11-6-2-4-8-13(11)12;3*8-6-3-1-5(2-4-6)7(9)10;/h1-5,7-8H,9H2;3*1-4H,(H,9,10);/q-1;;;;. The maximum absolute atomic E-state index is 12.2. The predicted molar refractivity (Wildman–Crippen MR) is 154 cm³/mol. The molecule has 5 aromatic carbocycles. The summed E-state index contributed by atoms with van der Waals surface area (Å²) in [5.74, 6) is -4.40. The molecule has 0 radical (unpaired) electrons. The van der Waals surface area contributed by atoms with Gasteiger partial charge >= 0.3 is 17.9 Å². The first-order chi connectivity index (χ1) is 20.5. The van der Waals surface area contributed by atoms with Crippen molar-refractivity contribution in [2.45, 2.75) is 6.42 Å². The van der Waals surface area contributed by atoms with E-state index in [-0.39, 0.29) is 38.4 Å². The Morgan fingerprint density at radius 2 is 0.886 bits per heavy atom. The number of fused-ring (bicyclic) bond motifs is 3. The van der Waals surface area contributed by atoms with Gasteiger partial charge in [0.1, 0.15) is 17.5 Å². The fraction of sp³-hybridized carbons (Fsp3) is 0.0294. The van der Waals surface area contributed by atoms with E-state index in [1.165, 1.54) is 58.7 Å². The fourth-order valence-corrected chi connectivity index (χ4v) is 3.78. The molecule has 5 aromatic rings. The van der Waals surface area contributed by atoms with Gasteiger partial charge < -0.3 is 15.3 Å². The number of aromatic carboxylic acids is 3. The smallest absolute Gasteiger partial charge is 0.335 e. The zero-order chi connectivity index (χ0) is 31.4. The summed E-state index contributed by atoms with van der Waals surface area (Å²) in [7, 11) is 0. The van der Waals surface area contributed by atoms with E-state index in [1.54, 1.807) is 0 Å². The van der Waals surface area contributed by atoms with Gasteiger partial charge in [-0.15, -0.1) is 5.56 Å². The monoisotopic (exact) mass is 633 g/mol. The Hall–Kier alpha value is -4.99. The molecule has 0 aromatic heterocycles. The van der Waals surface area contributed by atoms with E-state index in [9.17, 15) is 27.6 Å². The van der Waals surface area contributed by atoms with Gasteiger partial charge in [0.15, 0.2) is 0 Å². The van der Waals surface area contributed by atoms with Gasteiger partial charge in [-0.3, -0.25) is 0 Å². The molecule has 1 aliphatic carbocycles. The molecule has 44 heavy (non-hydrogen) atoms. The van der Waals surface area contributed by atoms with Gasteiger partial charge in [0.2, 0.25) is 0 Å². The van der Waals surface area contributed by atoms with E-state index in [0.717, 1.165) is 42.8 Å². The molecule has 10 heteroatoms. The van der Waals surface area contributed by atoms with E-state index >= 15 is 0 Å². The van der Waals surface area contributed by atoms with Crippen molar-refractivity contribution in [3.63, 3.8) is 0 Å². The number of carboxylic acids is 3. The first kappa shape index (κ1) is 35.2.